The average molecular weight is 251 g/mol. The molecular weight excluding hydrogens is 230 g/mol. The van der Waals surface area contributed by atoms with E-state index in [0.717, 1.165) is 43.8 Å². The van der Waals surface area contributed by atoms with E-state index in [1.54, 1.807) is 6.07 Å². The number of carboxylic acids is 1. The Morgan fingerprint density at radius 3 is 2.72 bits per heavy atom. The molecular formula is C14H21NO3. The van der Waals surface area contributed by atoms with E-state index in [4.69, 9.17) is 9.52 Å². The Hall–Kier alpha value is -1.29. The first-order valence-electron chi connectivity index (χ1n) is 6.78. The van der Waals surface area contributed by atoms with E-state index in [9.17, 15) is 4.79 Å². The van der Waals surface area contributed by atoms with E-state index in [1.807, 2.05) is 0 Å². The van der Waals surface area contributed by atoms with Crippen LogP contribution in [-0.2, 0) is 13.0 Å². The number of rotatable bonds is 5. The minimum absolute atomic E-state index is 0.0745. The molecule has 1 N–H and O–H groups in total. The minimum Gasteiger partial charge on any atom is -0.475 e. The van der Waals surface area contributed by atoms with Crippen molar-refractivity contribution in [2.75, 3.05) is 13.1 Å². The number of likely N-dealkylation sites (tertiary alicyclic amines) is 1. The summed E-state index contributed by atoms with van der Waals surface area (Å²) >= 11 is 0. The second kappa shape index (κ2) is 6.05. The topological polar surface area (TPSA) is 53.7 Å². The standard InChI is InChI=1S/C14H21NO3/c1-2-6-12-11(9-13(18-12)14(16)17)10-15-7-4-3-5-8-15/h9H,2-8,10H2,1H3,(H,16,17). The van der Waals surface area contributed by atoms with Crippen molar-refractivity contribution >= 4 is 5.97 Å². The van der Waals surface area contributed by atoms with Gasteiger partial charge in [0.1, 0.15) is 5.76 Å². The van der Waals surface area contributed by atoms with Gasteiger partial charge in [-0.25, -0.2) is 4.79 Å². The van der Waals surface area contributed by atoms with E-state index in [0.29, 0.717) is 0 Å². The van der Waals surface area contributed by atoms with Crippen LogP contribution in [0, 0.1) is 0 Å². The highest BCUT2D eigenvalue weighted by Gasteiger charge is 2.18. The molecule has 1 fully saturated rings. The molecule has 0 amide bonds. The molecule has 1 aliphatic heterocycles. The summed E-state index contributed by atoms with van der Waals surface area (Å²) in [7, 11) is 0. The fourth-order valence-corrected chi connectivity index (χ4v) is 2.50. The average Bonchev–Trinajstić information content (AvgIpc) is 2.75. The predicted octanol–water partition coefficient (Wildman–Crippen LogP) is 2.92. The van der Waals surface area contributed by atoms with Gasteiger partial charge in [-0.3, -0.25) is 4.90 Å². The van der Waals surface area contributed by atoms with Crippen molar-refractivity contribution in [3.63, 3.8) is 0 Å². The van der Waals surface area contributed by atoms with Crippen molar-refractivity contribution in [2.24, 2.45) is 0 Å². The summed E-state index contributed by atoms with van der Waals surface area (Å²) in [5.41, 5.74) is 1.05. The van der Waals surface area contributed by atoms with Gasteiger partial charge in [-0.15, -0.1) is 0 Å². The quantitative estimate of drug-likeness (QED) is 0.874. The van der Waals surface area contributed by atoms with Crippen LogP contribution in [-0.4, -0.2) is 29.1 Å². The summed E-state index contributed by atoms with van der Waals surface area (Å²) in [6, 6.07) is 1.70. The molecule has 0 bridgehead atoms. The molecule has 0 aromatic carbocycles. The van der Waals surface area contributed by atoms with Gasteiger partial charge < -0.3 is 9.52 Å². The number of furan rings is 1. The summed E-state index contributed by atoms with van der Waals surface area (Å²) in [5, 5.41) is 8.99. The molecule has 0 radical (unpaired) electrons. The van der Waals surface area contributed by atoms with Gasteiger partial charge in [-0.1, -0.05) is 13.3 Å². The van der Waals surface area contributed by atoms with Crippen LogP contribution in [0.5, 0.6) is 0 Å². The molecule has 2 heterocycles. The molecule has 4 heteroatoms. The second-order valence-electron chi connectivity index (χ2n) is 4.95. The van der Waals surface area contributed by atoms with Crippen molar-refractivity contribution in [3.05, 3.63) is 23.2 Å². The second-order valence-corrected chi connectivity index (χ2v) is 4.95. The number of aromatic carboxylic acids is 1. The van der Waals surface area contributed by atoms with E-state index in [2.05, 4.69) is 11.8 Å². The van der Waals surface area contributed by atoms with Gasteiger partial charge >= 0.3 is 5.97 Å². The Morgan fingerprint density at radius 1 is 1.39 bits per heavy atom. The molecule has 1 aromatic rings. The number of nitrogens with zero attached hydrogens (tertiary/aromatic N) is 1. The lowest BCUT2D eigenvalue weighted by Crippen LogP contribution is -2.29. The van der Waals surface area contributed by atoms with Crippen LogP contribution in [0.25, 0.3) is 0 Å². The molecule has 2 rings (SSSR count). The number of hydrogen-bond donors (Lipinski definition) is 1. The number of carboxylic acid groups (broad SMARTS) is 1. The van der Waals surface area contributed by atoms with E-state index in [-0.39, 0.29) is 5.76 Å². The SMILES string of the molecule is CCCc1oc(C(=O)O)cc1CN1CCCCC1. The maximum Gasteiger partial charge on any atom is 0.371 e. The largest absolute Gasteiger partial charge is 0.475 e. The highest BCUT2D eigenvalue weighted by molar-refractivity contribution is 5.84. The van der Waals surface area contributed by atoms with Crippen molar-refractivity contribution in [2.45, 2.75) is 45.6 Å². The van der Waals surface area contributed by atoms with Crippen molar-refractivity contribution < 1.29 is 14.3 Å². The number of hydrogen-bond acceptors (Lipinski definition) is 3. The van der Waals surface area contributed by atoms with Gasteiger partial charge in [0.15, 0.2) is 0 Å². The molecule has 1 saturated heterocycles. The third-order valence-corrected chi connectivity index (χ3v) is 3.43. The lowest BCUT2D eigenvalue weighted by molar-refractivity contribution is 0.0660. The zero-order valence-electron chi connectivity index (χ0n) is 10.9. The molecule has 1 aliphatic rings. The zero-order chi connectivity index (χ0) is 13.0. The molecule has 0 unspecified atom stereocenters. The van der Waals surface area contributed by atoms with Crippen molar-refractivity contribution in [1.82, 2.24) is 4.90 Å². The van der Waals surface area contributed by atoms with E-state index in [1.165, 1.54) is 19.3 Å². The Labute approximate surface area is 108 Å². The fraction of sp³-hybridized carbons (Fsp3) is 0.643. The number of aryl methyl sites for hydroxylation is 1. The Bertz CT molecular complexity index is 405. The highest BCUT2D eigenvalue weighted by atomic mass is 16.4. The van der Waals surface area contributed by atoms with Gasteiger partial charge in [-0.05, 0) is 38.4 Å². The van der Waals surface area contributed by atoms with Gasteiger partial charge in [-0.2, -0.15) is 0 Å². The predicted molar refractivity (Wildman–Crippen MR) is 68.8 cm³/mol. The maximum absolute atomic E-state index is 11.0. The zero-order valence-corrected chi connectivity index (χ0v) is 10.9. The number of piperidine rings is 1. The van der Waals surface area contributed by atoms with Crippen LogP contribution in [0.3, 0.4) is 0 Å². The summed E-state index contributed by atoms with van der Waals surface area (Å²) in [6.45, 7) is 5.12. The van der Waals surface area contributed by atoms with Crippen molar-refractivity contribution in [3.8, 4) is 0 Å². The Kier molecular flexibility index (Phi) is 4.42. The molecule has 0 spiro atoms. The molecule has 0 aliphatic carbocycles. The van der Waals surface area contributed by atoms with Crippen LogP contribution in [0.4, 0.5) is 0 Å². The van der Waals surface area contributed by atoms with Gasteiger partial charge in [0.25, 0.3) is 0 Å². The Morgan fingerprint density at radius 2 is 2.11 bits per heavy atom. The molecule has 0 saturated carbocycles. The summed E-state index contributed by atoms with van der Waals surface area (Å²) < 4.78 is 5.43. The van der Waals surface area contributed by atoms with Gasteiger partial charge in [0.2, 0.25) is 5.76 Å². The number of carbonyl (C=O) groups is 1. The van der Waals surface area contributed by atoms with Crippen LogP contribution in [0.2, 0.25) is 0 Å². The first-order valence-corrected chi connectivity index (χ1v) is 6.78. The summed E-state index contributed by atoms with van der Waals surface area (Å²) in [5.74, 6) is -0.0526. The smallest absolute Gasteiger partial charge is 0.371 e. The molecule has 4 nitrogen and oxygen atoms in total. The molecule has 18 heavy (non-hydrogen) atoms. The lowest BCUT2D eigenvalue weighted by Gasteiger charge is -2.26. The summed E-state index contributed by atoms with van der Waals surface area (Å²) in [4.78, 5) is 13.3. The van der Waals surface area contributed by atoms with Crippen LogP contribution < -0.4 is 0 Å². The molecule has 100 valence electrons. The highest BCUT2D eigenvalue weighted by Crippen LogP contribution is 2.21. The van der Waals surface area contributed by atoms with E-state index >= 15 is 0 Å². The first kappa shape index (κ1) is 13.1. The fourth-order valence-electron chi connectivity index (χ4n) is 2.50. The van der Waals surface area contributed by atoms with Crippen LogP contribution in [0.1, 0.15) is 54.5 Å². The third-order valence-electron chi connectivity index (χ3n) is 3.43. The normalized spacial score (nSPS) is 16.9. The van der Waals surface area contributed by atoms with Crippen LogP contribution >= 0.6 is 0 Å². The van der Waals surface area contributed by atoms with Gasteiger partial charge in [0, 0.05) is 18.5 Å². The first-order chi connectivity index (χ1) is 8.70. The minimum atomic E-state index is -0.975. The molecule has 1 aromatic heterocycles. The Balaban J connectivity index is 2.11. The lowest BCUT2D eigenvalue weighted by atomic mass is 10.1. The summed E-state index contributed by atoms with van der Waals surface area (Å²) in [6.07, 6.45) is 5.58. The van der Waals surface area contributed by atoms with Gasteiger partial charge in [0.05, 0.1) is 0 Å². The third kappa shape index (κ3) is 3.13. The van der Waals surface area contributed by atoms with Crippen LogP contribution in [0.15, 0.2) is 10.5 Å². The molecule has 0 atom stereocenters. The maximum atomic E-state index is 11.0. The monoisotopic (exact) mass is 251 g/mol. The van der Waals surface area contributed by atoms with E-state index < -0.39 is 5.97 Å². The van der Waals surface area contributed by atoms with Crippen molar-refractivity contribution in [1.29, 1.82) is 0 Å².